The maximum Gasteiger partial charge on any atom is 0.321 e. The zero-order valence-corrected chi connectivity index (χ0v) is 13.5. The lowest BCUT2D eigenvalue weighted by Crippen LogP contribution is -2.29. The predicted molar refractivity (Wildman–Crippen MR) is 87.8 cm³/mol. The highest BCUT2D eigenvalue weighted by Crippen LogP contribution is 2.18. The van der Waals surface area contributed by atoms with Gasteiger partial charge in [0.1, 0.15) is 5.01 Å². The van der Waals surface area contributed by atoms with Gasteiger partial charge in [-0.3, -0.25) is 10.1 Å². The lowest BCUT2D eigenvalue weighted by Gasteiger charge is -2.03. The Bertz CT molecular complexity index is 670. The molecule has 2 aromatic rings. The third-order valence-electron chi connectivity index (χ3n) is 3.02. The molecule has 0 aliphatic heterocycles. The lowest BCUT2D eigenvalue weighted by atomic mass is 10.1. The van der Waals surface area contributed by atoms with Gasteiger partial charge in [-0.2, -0.15) is 0 Å². The molecule has 7 nitrogen and oxygen atoms in total. The average Bonchev–Trinajstić information content (AvgIpc) is 2.93. The Morgan fingerprint density at radius 2 is 1.96 bits per heavy atom. The monoisotopic (exact) mass is 334 g/mol. The highest BCUT2D eigenvalue weighted by atomic mass is 32.1. The van der Waals surface area contributed by atoms with Gasteiger partial charge in [0, 0.05) is 19.4 Å². The summed E-state index contributed by atoms with van der Waals surface area (Å²) in [4.78, 5) is 22.0. The van der Waals surface area contributed by atoms with Gasteiger partial charge in [0.15, 0.2) is 0 Å². The zero-order chi connectivity index (χ0) is 16.7. The Hall–Kier alpha value is -2.48. The van der Waals surface area contributed by atoms with Gasteiger partial charge < -0.3 is 10.4 Å². The molecular weight excluding hydrogens is 316 g/mol. The molecule has 122 valence electrons. The fraction of sp³-hybridized carbons (Fsp3) is 0.333. The molecule has 0 bridgehead atoms. The van der Waals surface area contributed by atoms with Gasteiger partial charge in [0.2, 0.25) is 5.13 Å². The summed E-state index contributed by atoms with van der Waals surface area (Å²) in [6, 6.07) is 7.76. The van der Waals surface area contributed by atoms with Crippen LogP contribution in [0.1, 0.15) is 29.0 Å². The maximum atomic E-state index is 11.6. The third kappa shape index (κ3) is 6.03. The number of hydrogen-bond acceptors (Lipinski definition) is 5. The number of aromatic nitrogens is 2. The van der Waals surface area contributed by atoms with E-state index in [0.29, 0.717) is 24.5 Å². The summed E-state index contributed by atoms with van der Waals surface area (Å²) in [7, 11) is 0. The number of rotatable bonds is 7. The summed E-state index contributed by atoms with van der Waals surface area (Å²) in [6.07, 6.45) is 1.08. The molecule has 1 heterocycles. The van der Waals surface area contributed by atoms with E-state index in [-0.39, 0.29) is 6.42 Å². The minimum Gasteiger partial charge on any atom is -0.481 e. The summed E-state index contributed by atoms with van der Waals surface area (Å²) in [5.41, 5.74) is 2.34. The average molecular weight is 334 g/mol. The van der Waals surface area contributed by atoms with E-state index in [1.807, 2.05) is 31.2 Å². The number of amides is 2. The second-order valence-electron chi connectivity index (χ2n) is 5.04. The fourth-order valence-corrected chi connectivity index (χ4v) is 2.61. The van der Waals surface area contributed by atoms with E-state index in [1.165, 1.54) is 16.9 Å². The van der Waals surface area contributed by atoms with E-state index in [0.717, 1.165) is 10.6 Å². The number of carboxylic acid groups (broad SMARTS) is 1. The van der Waals surface area contributed by atoms with Gasteiger partial charge in [0.25, 0.3) is 0 Å². The Morgan fingerprint density at radius 3 is 2.65 bits per heavy atom. The molecule has 0 aliphatic rings. The van der Waals surface area contributed by atoms with Crippen molar-refractivity contribution in [1.29, 1.82) is 0 Å². The molecule has 0 fully saturated rings. The standard InChI is InChI=1S/C15H18N4O3S/c1-10-4-6-11(7-5-10)9-12-18-19-15(23-12)17-14(22)16-8-2-3-13(20)21/h4-7H,2-3,8-9H2,1H3,(H,20,21)(H2,16,17,19,22). The molecule has 0 atom stereocenters. The molecule has 8 heteroatoms. The molecule has 0 aliphatic carbocycles. The minimum absolute atomic E-state index is 0.0276. The maximum absolute atomic E-state index is 11.6. The molecular formula is C15H18N4O3S. The van der Waals surface area contributed by atoms with Crippen LogP contribution in [0.3, 0.4) is 0 Å². The smallest absolute Gasteiger partial charge is 0.321 e. The summed E-state index contributed by atoms with van der Waals surface area (Å²) < 4.78 is 0. The number of benzene rings is 1. The van der Waals surface area contributed by atoms with E-state index in [2.05, 4.69) is 20.8 Å². The van der Waals surface area contributed by atoms with Crippen LogP contribution in [-0.2, 0) is 11.2 Å². The molecule has 2 amide bonds. The van der Waals surface area contributed by atoms with Crippen molar-refractivity contribution in [2.24, 2.45) is 0 Å². The van der Waals surface area contributed by atoms with Gasteiger partial charge in [-0.25, -0.2) is 4.79 Å². The predicted octanol–water partition coefficient (Wildman–Crippen LogP) is 2.42. The van der Waals surface area contributed by atoms with Crippen LogP contribution in [0.5, 0.6) is 0 Å². The molecule has 23 heavy (non-hydrogen) atoms. The Morgan fingerprint density at radius 1 is 1.22 bits per heavy atom. The van der Waals surface area contributed by atoms with Crippen LogP contribution in [0.2, 0.25) is 0 Å². The van der Waals surface area contributed by atoms with E-state index in [1.54, 1.807) is 0 Å². The third-order valence-corrected chi connectivity index (χ3v) is 3.85. The van der Waals surface area contributed by atoms with Crippen LogP contribution in [0.25, 0.3) is 0 Å². The number of carbonyl (C=O) groups excluding carboxylic acids is 1. The highest BCUT2D eigenvalue weighted by molar-refractivity contribution is 7.15. The number of hydrogen-bond donors (Lipinski definition) is 3. The van der Waals surface area contributed by atoms with E-state index in [9.17, 15) is 9.59 Å². The summed E-state index contributed by atoms with van der Waals surface area (Å²) in [5, 5.41) is 22.9. The SMILES string of the molecule is Cc1ccc(Cc2nnc(NC(=O)NCCCC(=O)O)s2)cc1. The lowest BCUT2D eigenvalue weighted by molar-refractivity contribution is -0.137. The van der Waals surface area contributed by atoms with Crippen LogP contribution in [0.15, 0.2) is 24.3 Å². The number of urea groups is 1. The summed E-state index contributed by atoms with van der Waals surface area (Å²) >= 11 is 1.32. The van der Waals surface area contributed by atoms with Crippen LogP contribution < -0.4 is 10.6 Å². The Labute approximate surface area is 137 Å². The first-order chi connectivity index (χ1) is 11.0. The van der Waals surface area contributed by atoms with Crippen molar-refractivity contribution in [2.45, 2.75) is 26.2 Å². The van der Waals surface area contributed by atoms with Crippen molar-refractivity contribution in [3.63, 3.8) is 0 Å². The molecule has 3 N–H and O–H groups in total. The van der Waals surface area contributed by atoms with E-state index >= 15 is 0 Å². The van der Waals surface area contributed by atoms with Gasteiger partial charge >= 0.3 is 12.0 Å². The van der Waals surface area contributed by atoms with Crippen molar-refractivity contribution in [3.05, 3.63) is 40.4 Å². The summed E-state index contributed by atoms with van der Waals surface area (Å²) in [5.74, 6) is -0.878. The van der Waals surface area contributed by atoms with Gasteiger partial charge in [0.05, 0.1) is 0 Å². The van der Waals surface area contributed by atoms with Crippen LogP contribution in [0.4, 0.5) is 9.93 Å². The van der Waals surface area contributed by atoms with Crippen molar-refractivity contribution >= 4 is 28.5 Å². The highest BCUT2D eigenvalue weighted by Gasteiger charge is 2.08. The minimum atomic E-state index is -0.878. The largest absolute Gasteiger partial charge is 0.481 e. The number of carbonyl (C=O) groups is 2. The number of aliphatic carboxylic acids is 1. The molecule has 2 rings (SSSR count). The number of carboxylic acids is 1. The molecule has 0 saturated carbocycles. The van der Waals surface area contributed by atoms with E-state index in [4.69, 9.17) is 5.11 Å². The van der Waals surface area contributed by atoms with Crippen molar-refractivity contribution in [3.8, 4) is 0 Å². The second kappa shape index (κ2) is 8.23. The first kappa shape index (κ1) is 16.9. The normalized spacial score (nSPS) is 10.3. The van der Waals surface area contributed by atoms with Gasteiger partial charge in [-0.05, 0) is 18.9 Å². The van der Waals surface area contributed by atoms with Gasteiger partial charge in [-0.15, -0.1) is 10.2 Å². The Balaban J connectivity index is 1.78. The molecule has 0 radical (unpaired) electrons. The van der Waals surface area contributed by atoms with E-state index < -0.39 is 12.0 Å². The first-order valence-corrected chi connectivity index (χ1v) is 7.99. The molecule has 1 aromatic heterocycles. The van der Waals surface area contributed by atoms with Crippen molar-refractivity contribution in [2.75, 3.05) is 11.9 Å². The van der Waals surface area contributed by atoms with Crippen LogP contribution in [0, 0.1) is 6.92 Å². The topological polar surface area (TPSA) is 104 Å². The van der Waals surface area contributed by atoms with Crippen LogP contribution >= 0.6 is 11.3 Å². The number of nitrogens with one attached hydrogen (secondary N) is 2. The molecule has 0 unspecified atom stereocenters. The number of nitrogens with zero attached hydrogens (tertiary/aromatic N) is 2. The zero-order valence-electron chi connectivity index (χ0n) is 12.7. The van der Waals surface area contributed by atoms with Crippen molar-refractivity contribution < 1.29 is 14.7 Å². The number of anilines is 1. The van der Waals surface area contributed by atoms with Gasteiger partial charge in [-0.1, -0.05) is 41.2 Å². The Kier molecular flexibility index (Phi) is 6.04. The van der Waals surface area contributed by atoms with Crippen molar-refractivity contribution in [1.82, 2.24) is 15.5 Å². The molecule has 1 aromatic carbocycles. The first-order valence-electron chi connectivity index (χ1n) is 7.17. The fourth-order valence-electron chi connectivity index (χ4n) is 1.84. The molecule has 0 spiro atoms. The molecule has 0 saturated heterocycles. The second-order valence-corrected chi connectivity index (χ2v) is 6.10. The number of aryl methyl sites for hydroxylation is 1. The summed E-state index contributed by atoms with van der Waals surface area (Å²) in [6.45, 7) is 2.33. The quantitative estimate of drug-likeness (QED) is 0.675. The van der Waals surface area contributed by atoms with Crippen LogP contribution in [-0.4, -0.2) is 33.8 Å².